The zero-order chi connectivity index (χ0) is 13.6. The number of nitrogens with two attached hydrogens (primary N) is 1. The summed E-state index contributed by atoms with van der Waals surface area (Å²) in [4.78, 5) is 14.6. The van der Waals surface area contributed by atoms with Crippen molar-refractivity contribution in [1.82, 2.24) is 10.2 Å². The second-order valence-electron chi connectivity index (χ2n) is 5.25. The summed E-state index contributed by atoms with van der Waals surface area (Å²) in [5.41, 5.74) is 5.40. The second-order valence-corrected chi connectivity index (χ2v) is 5.69. The molecule has 0 unspecified atom stereocenters. The maximum absolute atomic E-state index is 11.9. The highest BCUT2D eigenvalue weighted by atomic mass is 32.1. The van der Waals surface area contributed by atoms with Crippen LogP contribution in [0.15, 0.2) is 0 Å². The Hall–Kier alpha value is -0.680. The van der Waals surface area contributed by atoms with E-state index in [0.29, 0.717) is 11.4 Å². The fourth-order valence-electron chi connectivity index (χ4n) is 2.30. The molecule has 0 bridgehead atoms. The summed E-state index contributed by atoms with van der Waals surface area (Å²) in [6.07, 6.45) is 5.37. The van der Waals surface area contributed by atoms with Gasteiger partial charge in [0.1, 0.15) is 0 Å². The van der Waals surface area contributed by atoms with E-state index in [4.69, 9.17) is 18.0 Å². The highest BCUT2D eigenvalue weighted by Gasteiger charge is 2.37. The van der Waals surface area contributed by atoms with E-state index in [9.17, 15) is 4.79 Å². The molecule has 0 aromatic heterocycles. The number of hydrogen-bond acceptors (Lipinski definition) is 3. The Morgan fingerprint density at radius 3 is 2.50 bits per heavy atom. The third-order valence-corrected chi connectivity index (χ3v) is 4.09. The highest BCUT2D eigenvalue weighted by Crippen LogP contribution is 2.22. The molecule has 1 fully saturated rings. The fraction of sp³-hybridized carbons (Fsp3) is 0.846. The van der Waals surface area contributed by atoms with Gasteiger partial charge in [-0.25, -0.2) is 0 Å². The van der Waals surface area contributed by atoms with E-state index in [1.54, 1.807) is 0 Å². The van der Waals surface area contributed by atoms with Crippen LogP contribution < -0.4 is 11.1 Å². The average molecular weight is 271 g/mol. The van der Waals surface area contributed by atoms with Gasteiger partial charge >= 0.3 is 0 Å². The largest absolute Gasteiger partial charge is 0.391 e. The molecule has 1 aliphatic heterocycles. The second kappa shape index (κ2) is 7.04. The first-order valence-electron chi connectivity index (χ1n) is 6.79. The molecule has 0 aliphatic carbocycles. The minimum absolute atomic E-state index is 0.0841. The van der Waals surface area contributed by atoms with E-state index in [1.165, 1.54) is 0 Å². The molecule has 1 aliphatic rings. The number of nitrogens with zero attached hydrogens (tertiary/aromatic N) is 1. The van der Waals surface area contributed by atoms with Crippen LogP contribution in [-0.2, 0) is 4.79 Å². The quantitative estimate of drug-likeness (QED) is 0.567. The molecule has 0 aromatic carbocycles. The van der Waals surface area contributed by atoms with Crippen molar-refractivity contribution in [3.05, 3.63) is 0 Å². The lowest BCUT2D eigenvalue weighted by Gasteiger charge is -2.40. The Morgan fingerprint density at radius 2 is 2.00 bits per heavy atom. The van der Waals surface area contributed by atoms with Crippen LogP contribution in [0, 0.1) is 0 Å². The first-order valence-corrected chi connectivity index (χ1v) is 7.20. The van der Waals surface area contributed by atoms with Gasteiger partial charge in [0, 0.05) is 19.5 Å². The Kier molecular flexibility index (Phi) is 6.02. The van der Waals surface area contributed by atoms with Crippen LogP contribution in [-0.4, -0.2) is 41.5 Å². The molecule has 1 amide bonds. The van der Waals surface area contributed by atoms with Gasteiger partial charge in [-0.15, -0.1) is 0 Å². The fourth-order valence-corrected chi connectivity index (χ4v) is 2.55. The number of nitrogens with one attached hydrogen (secondary N) is 1. The molecular weight excluding hydrogens is 246 g/mol. The van der Waals surface area contributed by atoms with Gasteiger partial charge in [-0.05, 0) is 26.3 Å². The number of piperidine rings is 1. The van der Waals surface area contributed by atoms with Crippen LogP contribution in [0.3, 0.4) is 0 Å². The van der Waals surface area contributed by atoms with Gasteiger partial charge in [-0.1, -0.05) is 32.0 Å². The predicted molar refractivity (Wildman–Crippen MR) is 78.5 cm³/mol. The third-order valence-electron chi connectivity index (χ3n) is 3.70. The predicted octanol–water partition coefficient (Wildman–Crippen LogP) is 1.43. The minimum atomic E-state index is -0.453. The van der Waals surface area contributed by atoms with E-state index < -0.39 is 5.54 Å². The molecular formula is C13H25N3OS. The Balaban J connectivity index is 2.52. The number of rotatable bonds is 6. The third kappa shape index (κ3) is 4.21. The Morgan fingerprint density at radius 1 is 1.39 bits per heavy atom. The summed E-state index contributed by atoms with van der Waals surface area (Å²) in [5.74, 6) is 0.0841. The van der Waals surface area contributed by atoms with Crippen molar-refractivity contribution in [1.29, 1.82) is 0 Å². The molecule has 0 saturated carbocycles. The maximum atomic E-state index is 11.9. The van der Waals surface area contributed by atoms with E-state index in [1.807, 2.05) is 0 Å². The minimum Gasteiger partial charge on any atom is -0.391 e. The monoisotopic (exact) mass is 271 g/mol. The first-order chi connectivity index (χ1) is 8.50. The van der Waals surface area contributed by atoms with Crippen molar-refractivity contribution in [3.8, 4) is 0 Å². The molecule has 3 N–H and O–H groups in total. The van der Waals surface area contributed by atoms with E-state index in [2.05, 4.69) is 24.2 Å². The van der Waals surface area contributed by atoms with E-state index >= 15 is 0 Å². The van der Waals surface area contributed by atoms with Gasteiger partial charge < -0.3 is 16.0 Å². The lowest BCUT2D eigenvalue weighted by Crippen LogP contribution is -2.61. The van der Waals surface area contributed by atoms with E-state index in [0.717, 1.165) is 45.2 Å². The van der Waals surface area contributed by atoms with Crippen LogP contribution in [0.1, 0.15) is 45.4 Å². The summed E-state index contributed by atoms with van der Waals surface area (Å²) in [7, 11) is 2.08. The summed E-state index contributed by atoms with van der Waals surface area (Å²) < 4.78 is 0. The average Bonchev–Trinajstić information content (AvgIpc) is 2.32. The number of carbonyl (C=O) groups excluding carboxylic acids is 1. The molecule has 1 saturated heterocycles. The SMILES string of the molecule is CCCCCC(=O)NC1(C(N)=S)CCN(C)CC1. The number of carbonyl (C=O) groups is 1. The molecule has 5 heteroatoms. The molecule has 0 spiro atoms. The van der Waals surface area contributed by atoms with Crippen molar-refractivity contribution in [2.45, 2.75) is 51.0 Å². The van der Waals surface area contributed by atoms with Crippen molar-refractivity contribution in [2.24, 2.45) is 5.73 Å². The zero-order valence-corrected chi connectivity index (χ0v) is 12.3. The summed E-state index contributed by atoms with van der Waals surface area (Å²) >= 11 is 5.16. The summed E-state index contributed by atoms with van der Waals surface area (Å²) in [6.45, 7) is 3.98. The standard InChI is InChI=1S/C13H25N3OS/c1-3-4-5-6-11(17)15-13(12(14)18)7-9-16(2)10-8-13/h3-10H2,1-2H3,(H2,14,18)(H,15,17). The Labute approximate surface area is 115 Å². The molecule has 104 valence electrons. The summed E-state index contributed by atoms with van der Waals surface area (Å²) in [6, 6.07) is 0. The van der Waals surface area contributed by atoms with Crippen LogP contribution in [0.4, 0.5) is 0 Å². The number of amides is 1. The molecule has 0 radical (unpaired) electrons. The molecule has 0 atom stereocenters. The van der Waals surface area contributed by atoms with Gasteiger partial charge in [-0.2, -0.15) is 0 Å². The van der Waals surface area contributed by atoms with Crippen molar-refractivity contribution in [3.63, 3.8) is 0 Å². The number of thiocarbonyl (C=S) groups is 1. The first kappa shape index (κ1) is 15.4. The molecule has 1 rings (SSSR count). The van der Waals surface area contributed by atoms with Gasteiger partial charge in [0.2, 0.25) is 5.91 Å². The molecule has 0 aromatic rings. The summed E-state index contributed by atoms with van der Waals surface area (Å²) in [5, 5.41) is 3.08. The molecule has 18 heavy (non-hydrogen) atoms. The number of unbranched alkanes of at least 4 members (excludes halogenated alkanes) is 2. The highest BCUT2D eigenvalue weighted by molar-refractivity contribution is 7.80. The van der Waals surface area contributed by atoms with Crippen molar-refractivity contribution >= 4 is 23.1 Å². The lowest BCUT2D eigenvalue weighted by atomic mass is 9.87. The lowest BCUT2D eigenvalue weighted by molar-refractivity contribution is -0.122. The number of likely N-dealkylation sites (tertiary alicyclic amines) is 1. The van der Waals surface area contributed by atoms with Crippen LogP contribution in [0.5, 0.6) is 0 Å². The van der Waals surface area contributed by atoms with Crippen LogP contribution in [0.25, 0.3) is 0 Å². The van der Waals surface area contributed by atoms with Crippen LogP contribution >= 0.6 is 12.2 Å². The van der Waals surface area contributed by atoms with E-state index in [-0.39, 0.29) is 5.91 Å². The smallest absolute Gasteiger partial charge is 0.220 e. The molecule has 1 heterocycles. The topological polar surface area (TPSA) is 58.4 Å². The normalized spacial score (nSPS) is 19.4. The van der Waals surface area contributed by atoms with Gasteiger partial charge in [0.15, 0.2) is 0 Å². The molecule has 4 nitrogen and oxygen atoms in total. The Bertz CT molecular complexity index is 299. The number of hydrogen-bond donors (Lipinski definition) is 2. The van der Waals surface area contributed by atoms with Crippen LogP contribution in [0.2, 0.25) is 0 Å². The maximum Gasteiger partial charge on any atom is 0.220 e. The van der Waals surface area contributed by atoms with Crippen molar-refractivity contribution in [2.75, 3.05) is 20.1 Å². The van der Waals surface area contributed by atoms with Gasteiger partial charge in [0.05, 0.1) is 10.5 Å². The zero-order valence-electron chi connectivity index (χ0n) is 11.5. The van der Waals surface area contributed by atoms with Crippen molar-refractivity contribution < 1.29 is 4.79 Å². The van der Waals surface area contributed by atoms with Gasteiger partial charge in [0.25, 0.3) is 0 Å². The van der Waals surface area contributed by atoms with Gasteiger partial charge in [-0.3, -0.25) is 4.79 Å².